The molecule has 0 amide bonds. The van der Waals surface area contributed by atoms with Gasteiger partial charge in [-0.1, -0.05) is 103 Å². The summed E-state index contributed by atoms with van der Waals surface area (Å²) in [5, 5.41) is 0. The monoisotopic (exact) mass is 471 g/mol. The fourth-order valence-electron chi connectivity index (χ4n) is 4.46. The van der Waals surface area contributed by atoms with E-state index >= 15 is 0 Å². The molecule has 0 fully saturated rings. The molecule has 0 atom stereocenters. The Balaban J connectivity index is 1.45. The average molecular weight is 472 g/mol. The first kappa shape index (κ1) is 27.0. The van der Waals surface area contributed by atoms with Gasteiger partial charge in [-0.15, -0.1) is 0 Å². The van der Waals surface area contributed by atoms with E-state index in [1.54, 1.807) is 0 Å². The lowest BCUT2D eigenvalue weighted by molar-refractivity contribution is 0.520. The molecule has 0 saturated carbocycles. The van der Waals surface area contributed by atoms with Crippen molar-refractivity contribution in [2.24, 2.45) is 11.8 Å². The summed E-state index contributed by atoms with van der Waals surface area (Å²) >= 11 is 0. The molecule has 0 aliphatic carbocycles. The minimum Gasteiger partial charge on any atom is -0.256 e. The average Bonchev–Trinajstić information content (AvgIpc) is 2.86. The smallest absolute Gasteiger partial charge is 0.159 e. The fourth-order valence-corrected chi connectivity index (χ4v) is 4.46. The SMILES string of the molecule is CC(C)CCCCCCc1cnc(-c2ccc(-c3ccc(CCCCCC(C)C)cn3)cc2)nc1. The standard InChI is InChI=1S/C32H45N3/c1-25(2)12-8-5-6-10-15-28-23-34-32(35-24-28)30-19-17-29(18-20-30)31-21-16-27(22-33-31)14-11-7-9-13-26(3)4/h16-26H,5-15H2,1-4H3. The molecule has 0 unspecified atom stereocenters. The first-order valence-corrected chi connectivity index (χ1v) is 13.9. The molecule has 1 aromatic carbocycles. The molecule has 0 saturated heterocycles. The van der Waals surface area contributed by atoms with Crippen LogP contribution in [0.2, 0.25) is 0 Å². The zero-order chi connectivity index (χ0) is 24.9. The van der Waals surface area contributed by atoms with Crippen LogP contribution in [0.1, 0.15) is 96.6 Å². The number of nitrogens with zero attached hydrogens (tertiary/aromatic N) is 3. The highest BCUT2D eigenvalue weighted by atomic mass is 14.9. The molecule has 3 heteroatoms. The lowest BCUT2D eigenvalue weighted by atomic mass is 10.0. The summed E-state index contributed by atoms with van der Waals surface area (Å²) in [7, 11) is 0. The van der Waals surface area contributed by atoms with Crippen LogP contribution in [0, 0.1) is 11.8 Å². The third-order valence-electron chi connectivity index (χ3n) is 6.71. The van der Waals surface area contributed by atoms with E-state index in [-0.39, 0.29) is 0 Å². The molecule has 2 aromatic heterocycles. The molecule has 35 heavy (non-hydrogen) atoms. The predicted molar refractivity (Wildman–Crippen MR) is 149 cm³/mol. The molecule has 0 aliphatic heterocycles. The van der Waals surface area contributed by atoms with E-state index in [1.807, 2.05) is 18.6 Å². The summed E-state index contributed by atoms with van der Waals surface area (Å²) in [6, 6.07) is 12.8. The number of pyridine rings is 1. The largest absolute Gasteiger partial charge is 0.256 e. The van der Waals surface area contributed by atoms with E-state index in [1.165, 1.54) is 68.9 Å². The van der Waals surface area contributed by atoms with Gasteiger partial charge in [0.25, 0.3) is 0 Å². The first-order valence-electron chi connectivity index (χ1n) is 13.9. The Labute approximate surface area is 213 Å². The van der Waals surface area contributed by atoms with Gasteiger partial charge in [0, 0.05) is 29.7 Å². The maximum Gasteiger partial charge on any atom is 0.159 e. The Morgan fingerprint density at radius 2 is 1.03 bits per heavy atom. The molecular formula is C32H45N3. The topological polar surface area (TPSA) is 38.7 Å². The van der Waals surface area contributed by atoms with Gasteiger partial charge in [0.05, 0.1) is 5.69 Å². The van der Waals surface area contributed by atoms with E-state index in [0.29, 0.717) is 0 Å². The Bertz CT molecular complexity index is 957. The van der Waals surface area contributed by atoms with E-state index < -0.39 is 0 Å². The van der Waals surface area contributed by atoms with Crippen molar-refractivity contribution in [3.05, 3.63) is 66.1 Å². The van der Waals surface area contributed by atoms with Crippen molar-refractivity contribution in [1.82, 2.24) is 15.0 Å². The Kier molecular flexibility index (Phi) is 11.4. The highest BCUT2D eigenvalue weighted by molar-refractivity contribution is 5.65. The van der Waals surface area contributed by atoms with Gasteiger partial charge >= 0.3 is 0 Å². The molecule has 0 bridgehead atoms. The first-order chi connectivity index (χ1) is 17.0. The number of benzene rings is 1. The van der Waals surface area contributed by atoms with Gasteiger partial charge in [-0.25, -0.2) is 9.97 Å². The molecule has 0 aliphatic rings. The summed E-state index contributed by atoms with van der Waals surface area (Å²) < 4.78 is 0. The van der Waals surface area contributed by atoms with Crippen LogP contribution < -0.4 is 0 Å². The molecule has 2 heterocycles. The quantitative estimate of drug-likeness (QED) is 0.207. The fraction of sp³-hybridized carbons (Fsp3) is 0.531. The minimum atomic E-state index is 0.790. The normalized spacial score (nSPS) is 11.5. The second-order valence-corrected chi connectivity index (χ2v) is 10.9. The Hall–Kier alpha value is -2.55. The molecule has 0 N–H and O–H groups in total. The van der Waals surface area contributed by atoms with Crippen molar-refractivity contribution < 1.29 is 0 Å². The lowest BCUT2D eigenvalue weighted by Crippen LogP contribution is -1.94. The van der Waals surface area contributed by atoms with Gasteiger partial charge in [0.2, 0.25) is 0 Å². The van der Waals surface area contributed by atoms with Crippen LogP contribution in [-0.2, 0) is 12.8 Å². The predicted octanol–water partition coefficient (Wildman–Crippen LogP) is 9.11. The van der Waals surface area contributed by atoms with E-state index in [9.17, 15) is 0 Å². The molecule has 0 spiro atoms. The summed E-state index contributed by atoms with van der Waals surface area (Å²) in [5.74, 6) is 2.42. The molecule has 0 radical (unpaired) electrons. The number of aromatic nitrogens is 3. The van der Waals surface area contributed by atoms with Crippen LogP contribution in [0.3, 0.4) is 0 Å². The van der Waals surface area contributed by atoms with Crippen LogP contribution in [0.25, 0.3) is 22.6 Å². The van der Waals surface area contributed by atoms with Gasteiger partial charge in [0.1, 0.15) is 0 Å². The second kappa shape index (κ2) is 14.8. The number of hydrogen-bond donors (Lipinski definition) is 0. The zero-order valence-corrected chi connectivity index (χ0v) is 22.5. The van der Waals surface area contributed by atoms with Gasteiger partial charge in [-0.3, -0.25) is 4.98 Å². The van der Waals surface area contributed by atoms with Crippen molar-refractivity contribution >= 4 is 0 Å². The van der Waals surface area contributed by atoms with Crippen LogP contribution in [0.5, 0.6) is 0 Å². The highest BCUT2D eigenvalue weighted by Gasteiger charge is 2.05. The summed E-state index contributed by atoms with van der Waals surface area (Å²) in [4.78, 5) is 14.0. The van der Waals surface area contributed by atoms with Gasteiger partial charge in [-0.05, 0) is 54.7 Å². The van der Waals surface area contributed by atoms with E-state index in [2.05, 4.69) is 74.1 Å². The van der Waals surface area contributed by atoms with Crippen molar-refractivity contribution in [2.75, 3.05) is 0 Å². The highest BCUT2D eigenvalue weighted by Crippen LogP contribution is 2.22. The van der Waals surface area contributed by atoms with Crippen molar-refractivity contribution in [1.29, 1.82) is 0 Å². The van der Waals surface area contributed by atoms with Crippen molar-refractivity contribution in [3.63, 3.8) is 0 Å². The maximum atomic E-state index is 4.71. The van der Waals surface area contributed by atoms with E-state index in [0.717, 1.165) is 47.3 Å². The lowest BCUT2D eigenvalue weighted by Gasteiger charge is -2.07. The summed E-state index contributed by atoms with van der Waals surface area (Å²) in [6.07, 6.45) is 20.0. The summed E-state index contributed by atoms with van der Waals surface area (Å²) in [5.41, 5.74) is 5.76. The third kappa shape index (κ3) is 9.92. The van der Waals surface area contributed by atoms with Crippen LogP contribution in [-0.4, -0.2) is 15.0 Å². The van der Waals surface area contributed by atoms with Gasteiger partial charge in [-0.2, -0.15) is 0 Å². The van der Waals surface area contributed by atoms with Crippen LogP contribution in [0.4, 0.5) is 0 Å². The molecule has 188 valence electrons. The molecule has 3 rings (SSSR count). The molecule has 3 aromatic rings. The third-order valence-corrected chi connectivity index (χ3v) is 6.71. The van der Waals surface area contributed by atoms with Gasteiger partial charge in [0.15, 0.2) is 5.82 Å². The van der Waals surface area contributed by atoms with E-state index in [4.69, 9.17) is 4.98 Å². The van der Waals surface area contributed by atoms with Gasteiger partial charge < -0.3 is 0 Å². The zero-order valence-electron chi connectivity index (χ0n) is 22.5. The molecule has 3 nitrogen and oxygen atoms in total. The summed E-state index contributed by atoms with van der Waals surface area (Å²) in [6.45, 7) is 9.21. The minimum absolute atomic E-state index is 0.790. The van der Waals surface area contributed by atoms with Crippen molar-refractivity contribution in [2.45, 2.75) is 98.3 Å². The molecular weight excluding hydrogens is 426 g/mol. The number of hydrogen-bond acceptors (Lipinski definition) is 3. The maximum absolute atomic E-state index is 4.71. The number of aryl methyl sites for hydroxylation is 2. The number of rotatable bonds is 15. The van der Waals surface area contributed by atoms with Crippen LogP contribution in [0.15, 0.2) is 55.0 Å². The van der Waals surface area contributed by atoms with Crippen LogP contribution >= 0.6 is 0 Å². The Morgan fingerprint density at radius 1 is 0.514 bits per heavy atom. The van der Waals surface area contributed by atoms with Crippen molar-refractivity contribution in [3.8, 4) is 22.6 Å². The number of unbranched alkanes of at least 4 members (excludes halogenated alkanes) is 5. The Morgan fingerprint density at radius 3 is 1.60 bits per heavy atom. The second-order valence-electron chi connectivity index (χ2n) is 10.9.